The SMILES string of the molecule is CC(C)CC1(C)NC(=N)N(C(C)CO)C1=O. The second-order valence-electron chi connectivity index (χ2n) is 5.11. The van der Waals surface area contributed by atoms with Crippen molar-refractivity contribution in [1.82, 2.24) is 10.2 Å². The lowest BCUT2D eigenvalue weighted by Crippen LogP contribution is -2.46. The molecule has 3 N–H and O–H groups in total. The molecule has 0 aliphatic carbocycles. The third kappa shape index (κ3) is 2.19. The van der Waals surface area contributed by atoms with Gasteiger partial charge in [0.1, 0.15) is 5.54 Å². The van der Waals surface area contributed by atoms with E-state index in [1.807, 2.05) is 20.8 Å². The Balaban J connectivity index is 2.89. The van der Waals surface area contributed by atoms with E-state index in [1.54, 1.807) is 6.92 Å². The molecule has 0 spiro atoms. The van der Waals surface area contributed by atoms with Gasteiger partial charge in [-0.1, -0.05) is 13.8 Å². The summed E-state index contributed by atoms with van der Waals surface area (Å²) in [4.78, 5) is 13.5. The first kappa shape index (κ1) is 13.0. The molecule has 5 heteroatoms. The number of aliphatic hydroxyl groups excluding tert-OH is 1. The van der Waals surface area contributed by atoms with Crippen molar-refractivity contribution in [3.63, 3.8) is 0 Å². The number of nitrogens with zero attached hydrogens (tertiary/aromatic N) is 1. The van der Waals surface area contributed by atoms with Crippen LogP contribution in [0.15, 0.2) is 0 Å². The summed E-state index contributed by atoms with van der Waals surface area (Å²) >= 11 is 0. The molecular weight excluding hydrogens is 206 g/mol. The van der Waals surface area contributed by atoms with Crippen molar-refractivity contribution >= 4 is 11.9 Å². The van der Waals surface area contributed by atoms with Crippen molar-refractivity contribution in [1.29, 1.82) is 5.41 Å². The molecule has 0 radical (unpaired) electrons. The molecule has 0 aromatic carbocycles. The van der Waals surface area contributed by atoms with Crippen LogP contribution in [0, 0.1) is 11.3 Å². The minimum absolute atomic E-state index is 0.0923. The maximum absolute atomic E-state index is 12.2. The number of amides is 1. The van der Waals surface area contributed by atoms with Gasteiger partial charge < -0.3 is 10.4 Å². The molecule has 92 valence electrons. The van der Waals surface area contributed by atoms with Gasteiger partial charge in [0.05, 0.1) is 12.6 Å². The average Bonchev–Trinajstić information content (AvgIpc) is 2.35. The predicted molar refractivity (Wildman–Crippen MR) is 62.1 cm³/mol. The summed E-state index contributed by atoms with van der Waals surface area (Å²) in [6.07, 6.45) is 0.683. The standard InChI is InChI=1S/C11H21N3O2/c1-7(2)5-11(4)9(16)14(8(3)6-15)10(12)13-11/h7-8,15H,5-6H2,1-4H3,(H2,12,13). The van der Waals surface area contributed by atoms with Crippen LogP contribution < -0.4 is 5.32 Å². The highest BCUT2D eigenvalue weighted by Gasteiger charge is 2.47. The smallest absolute Gasteiger partial charge is 0.255 e. The monoisotopic (exact) mass is 227 g/mol. The van der Waals surface area contributed by atoms with Crippen LogP contribution in [0.5, 0.6) is 0 Å². The van der Waals surface area contributed by atoms with Crippen molar-refractivity contribution in [2.24, 2.45) is 5.92 Å². The fourth-order valence-corrected chi connectivity index (χ4v) is 2.20. The van der Waals surface area contributed by atoms with Crippen LogP contribution in [0.2, 0.25) is 0 Å². The van der Waals surface area contributed by atoms with Gasteiger partial charge in [-0.3, -0.25) is 15.1 Å². The van der Waals surface area contributed by atoms with Crippen molar-refractivity contribution in [2.45, 2.75) is 45.7 Å². The predicted octanol–water partition coefficient (Wildman–Crippen LogP) is 0.539. The Morgan fingerprint density at radius 3 is 2.50 bits per heavy atom. The van der Waals surface area contributed by atoms with Crippen LogP contribution in [0.3, 0.4) is 0 Å². The van der Waals surface area contributed by atoms with Gasteiger partial charge in [-0.05, 0) is 26.2 Å². The zero-order valence-corrected chi connectivity index (χ0v) is 10.4. The van der Waals surface area contributed by atoms with Crippen LogP contribution in [0.4, 0.5) is 0 Å². The van der Waals surface area contributed by atoms with Gasteiger partial charge in [-0.2, -0.15) is 0 Å². The van der Waals surface area contributed by atoms with Gasteiger partial charge in [-0.25, -0.2) is 0 Å². The van der Waals surface area contributed by atoms with E-state index < -0.39 is 5.54 Å². The molecular formula is C11H21N3O2. The first-order valence-corrected chi connectivity index (χ1v) is 5.63. The number of carbonyl (C=O) groups is 1. The number of guanidine groups is 1. The van der Waals surface area contributed by atoms with Gasteiger partial charge in [0.25, 0.3) is 5.91 Å². The molecule has 1 amide bonds. The third-order valence-electron chi connectivity index (χ3n) is 2.85. The van der Waals surface area contributed by atoms with E-state index in [0.29, 0.717) is 12.3 Å². The second kappa shape index (κ2) is 4.41. The van der Waals surface area contributed by atoms with E-state index in [1.165, 1.54) is 4.90 Å². The van der Waals surface area contributed by atoms with Gasteiger partial charge in [-0.15, -0.1) is 0 Å². The van der Waals surface area contributed by atoms with Crippen molar-refractivity contribution in [3.05, 3.63) is 0 Å². The number of hydrogen-bond donors (Lipinski definition) is 3. The number of hydrogen-bond acceptors (Lipinski definition) is 3. The largest absolute Gasteiger partial charge is 0.394 e. The molecule has 0 aromatic rings. The molecule has 1 fully saturated rings. The molecule has 2 atom stereocenters. The van der Waals surface area contributed by atoms with Crippen molar-refractivity contribution in [3.8, 4) is 0 Å². The minimum Gasteiger partial charge on any atom is -0.394 e. The highest BCUT2D eigenvalue weighted by molar-refractivity contribution is 6.07. The van der Waals surface area contributed by atoms with Gasteiger partial charge in [0.2, 0.25) is 0 Å². The summed E-state index contributed by atoms with van der Waals surface area (Å²) in [6, 6.07) is -0.346. The highest BCUT2D eigenvalue weighted by atomic mass is 16.3. The Hall–Kier alpha value is -1.10. The fourth-order valence-electron chi connectivity index (χ4n) is 2.20. The Labute approximate surface area is 96.3 Å². The number of rotatable bonds is 4. The van der Waals surface area contributed by atoms with E-state index in [-0.39, 0.29) is 24.5 Å². The topological polar surface area (TPSA) is 76.4 Å². The Kier molecular flexibility index (Phi) is 3.57. The number of aliphatic hydroxyl groups is 1. The van der Waals surface area contributed by atoms with E-state index in [0.717, 1.165) is 0 Å². The molecule has 0 aromatic heterocycles. The van der Waals surface area contributed by atoms with Crippen LogP contribution in [-0.4, -0.2) is 40.1 Å². The lowest BCUT2D eigenvalue weighted by Gasteiger charge is -2.25. The summed E-state index contributed by atoms with van der Waals surface area (Å²) in [5.74, 6) is 0.348. The first-order valence-electron chi connectivity index (χ1n) is 5.63. The van der Waals surface area contributed by atoms with E-state index in [4.69, 9.17) is 10.5 Å². The van der Waals surface area contributed by atoms with Crippen LogP contribution in [-0.2, 0) is 4.79 Å². The quantitative estimate of drug-likeness (QED) is 0.656. The number of carbonyl (C=O) groups excluding carboxylic acids is 1. The van der Waals surface area contributed by atoms with Crippen LogP contribution in [0.25, 0.3) is 0 Å². The fraction of sp³-hybridized carbons (Fsp3) is 0.818. The summed E-state index contributed by atoms with van der Waals surface area (Å²) < 4.78 is 0. The van der Waals surface area contributed by atoms with Gasteiger partial charge >= 0.3 is 0 Å². The maximum atomic E-state index is 12.2. The normalized spacial score (nSPS) is 27.5. The number of nitrogens with one attached hydrogen (secondary N) is 2. The molecule has 1 rings (SSSR count). The lowest BCUT2D eigenvalue weighted by molar-refractivity contribution is -0.132. The molecule has 0 saturated carbocycles. The Bertz CT molecular complexity index is 304. The maximum Gasteiger partial charge on any atom is 0.255 e. The zero-order chi connectivity index (χ0) is 12.5. The zero-order valence-electron chi connectivity index (χ0n) is 10.4. The molecule has 1 aliphatic rings. The van der Waals surface area contributed by atoms with Crippen molar-refractivity contribution < 1.29 is 9.90 Å². The molecule has 1 aliphatic heterocycles. The first-order chi connectivity index (χ1) is 7.31. The molecule has 1 saturated heterocycles. The minimum atomic E-state index is -0.700. The summed E-state index contributed by atoms with van der Waals surface area (Å²) in [7, 11) is 0. The summed E-state index contributed by atoms with van der Waals surface area (Å²) in [6.45, 7) is 7.50. The van der Waals surface area contributed by atoms with Crippen LogP contribution >= 0.6 is 0 Å². The Morgan fingerprint density at radius 1 is 1.50 bits per heavy atom. The average molecular weight is 227 g/mol. The van der Waals surface area contributed by atoms with Crippen LogP contribution in [0.1, 0.15) is 34.1 Å². The molecule has 1 heterocycles. The van der Waals surface area contributed by atoms with Gasteiger partial charge in [0, 0.05) is 0 Å². The van der Waals surface area contributed by atoms with Gasteiger partial charge in [0.15, 0.2) is 5.96 Å². The van der Waals surface area contributed by atoms with E-state index in [9.17, 15) is 4.79 Å². The summed E-state index contributed by atoms with van der Waals surface area (Å²) in [5, 5.41) is 19.7. The second-order valence-corrected chi connectivity index (χ2v) is 5.11. The van der Waals surface area contributed by atoms with E-state index in [2.05, 4.69) is 5.32 Å². The molecule has 16 heavy (non-hydrogen) atoms. The van der Waals surface area contributed by atoms with E-state index >= 15 is 0 Å². The molecule has 0 bridgehead atoms. The third-order valence-corrected chi connectivity index (χ3v) is 2.85. The molecule has 5 nitrogen and oxygen atoms in total. The Morgan fingerprint density at radius 2 is 2.06 bits per heavy atom. The summed E-state index contributed by atoms with van der Waals surface area (Å²) in [5.41, 5.74) is -0.700. The molecule has 2 unspecified atom stereocenters. The highest BCUT2D eigenvalue weighted by Crippen LogP contribution is 2.25. The van der Waals surface area contributed by atoms with Crippen molar-refractivity contribution in [2.75, 3.05) is 6.61 Å². The lowest BCUT2D eigenvalue weighted by atomic mass is 9.90.